The van der Waals surface area contributed by atoms with Crippen LogP contribution in [0.2, 0.25) is 0 Å². The molecule has 0 atom stereocenters. The van der Waals surface area contributed by atoms with E-state index < -0.39 is 0 Å². The van der Waals surface area contributed by atoms with Gasteiger partial charge in [0.25, 0.3) is 0 Å². The van der Waals surface area contributed by atoms with Gasteiger partial charge in [-0.2, -0.15) is 5.26 Å². The van der Waals surface area contributed by atoms with E-state index in [9.17, 15) is 4.79 Å². The summed E-state index contributed by atoms with van der Waals surface area (Å²) in [7, 11) is 0. The lowest BCUT2D eigenvalue weighted by Gasteiger charge is -2.19. The van der Waals surface area contributed by atoms with Gasteiger partial charge in [-0.1, -0.05) is 0 Å². The summed E-state index contributed by atoms with van der Waals surface area (Å²) in [4.78, 5) is 13.5. The van der Waals surface area contributed by atoms with Crippen LogP contribution in [0.1, 0.15) is 19.4 Å². The Morgan fingerprint density at radius 2 is 1.88 bits per heavy atom. The van der Waals surface area contributed by atoms with Crippen molar-refractivity contribution in [3.63, 3.8) is 0 Å². The molecule has 0 aliphatic heterocycles. The average Bonchev–Trinajstić information content (AvgIpc) is 2.38. The molecule has 0 aliphatic rings. The van der Waals surface area contributed by atoms with Gasteiger partial charge in [-0.25, -0.2) is 0 Å². The molecule has 17 heavy (non-hydrogen) atoms. The number of likely N-dealkylation sites (N-methyl/N-ethyl adjacent to an activating group) is 1. The number of benzene rings is 1. The number of nitrogens with one attached hydrogen (secondary N) is 1. The van der Waals surface area contributed by atoms with Crippen LogP contribution in [-0.2, 0) is 4.79 Å². The fourth-order valence-electron chi connectivity index (χ4n) is 1.53. The van der Waals surface area contributed by atoms with Gasteiger partial charge in [0.2, 0.25) is 5.91 Å². The molecular weight excluding hydrogens is 214 g/mol. The lowest BCUT2D eigenvalue weighted by molar-refractivity contribution is -0.128. The molecule has 0 spiro atoms. The molecule has 0 aliphatic carbocycles. The van der Waals surface area contributed by atoms with Crippen LogP contribution in [0.4, 0.5) is 5.69 Å². The number of hydrogen-bond donors (Lipinski definition) is 1. The third-order valence-corrected chi connectivity index (χ3v) is 2.57. The first-order valence-electron chi connectivity index (χ1n) is 5.73. The number of hydrogen-bond acceptors (Lipinski definition) is 3. The minimum atomic E-state index is 0.0827. The predicted molar refractivity (Wildman–Crippen MR) is 67.6 cm³/mol. The molecule has 0 fully saturated rings. The minimum absolute atomic E-state index is 0.0827. The summed E-state index contributed by atoms with van der Waals surface area (Å²) in [5.74, 6) is 0.0827. The van der Waals surface area contributed by atoms with E-state index in [0.29, 0.717) is 5.56 Å². The van der Waals surface area contributed by atoms with Crippen molar-refractivity contribution in [2.45, 2.75) is 13.8 Å². The first kappa shape index (κ1) is 13.0. The summed E-state index contributed by atoms with van der Waals surface area (Å²) in [6.45, 7) is 5.66. The molecule has 0 bridgehead atoms. The smallest absolute Gasteiger partial charge is 0.241 e. The van der Waals surface area contributed by atoms with Gasteiger partial charge in [-0.05, 0) is 38.1 Å². The molecular formula is C13H17N3O. The van der Waals surface area contributed by atoms with Crippen molar-refractivity contribution >= 4 is 11.6 Å². The summed E-state index contributed by atoms with van der Waals surface area (Å²) < 4.78 is 0. The zero-order chi connectivity index (χ0) is 12.7. The SMILES string of the molecule is CCN(CC)C(=O)CNc1ccc(C#N)cc1. The first-order valence-corrected chi connectivity index (χ1v) is 5.73. The molecule has 0 heterocycles. The number of carbonyl (C=O) groups excluding carboxylic acids is 1. The third-order valence-electron chi connectivity index (χ3n) is 2.57. The molecule has 1 N–H and O–H groups in total. The summed E-state index contributed by atoms with van der Waals surface area (Å²) in [5.41, 5.74) is 1.47. The van der Waals surface area contributed by atoms with Crippen LogP contribution in [-0.4, -0.2) is 30.4 Å². The molecule has 4 heteroatoms. The molecule has 90 valence electrons. The molecule has 1 rings (SSSR count). The standard InChI is InChI=1S/C13H17N3O/c1-3-16(4-2)13(17)10-15-12-7-5-11(9-14)6-8-12/h5-8,15H,3-4,10H2,1-2H3. The molecule has 1 aromatic rings. The van der Waals surface area contributed by atoms with Crippen LogP contribution < -0.4 is 5.32 Å². The highest BCUT2D eigenvalue weighted by molar-refractivity contribution is 5.80. The normalized spacial score (nSPS) is 9.47. The van der Waals surface area contributed by atoms with E-state index in [0.717, 1.165) is 18.8 Å². The van der Waals surface area contributed by atoms with E-state index in [1.807, 2.05) is 13.8 Å². The summed E-state index contributed by atoms with van der Waals surface area (Å²) in [6, 6.07) is 9.10. The Kier molecular flexibility index (Phi) is 5.02. The van der Waals surface area contributed by atoms with Crippen molar-refractivity contribution in [3.8, 4) is 6.07 Å². The second kappa shape index (κ2) is 6.54. The third kappa shape index (κ3) is 3.80. The van der Waals surface area contributed by atoms with Gasteiger partial charge in [-0.3, -0.25) is 4.79 Å². The quantitative estimate of drug-likeness (QED) is 0.841. The Bertz CT molecular complexity index is 402. The highest BCUT2D eigenvalue weighted by Crippen LogP contribution is 2.08. The van der Waals surface area contributed by atoms with Gasteiger partial charge in [0, 0.05) is 18.8 Å². The zero-order valence-corrected chi connectivity index (χ0v) is 10.2. The zero-order valence-electron chi connectivity index (χ0n) is 10.2. The fourth-order valence-corrected chi connectivity index (χ4v) is 1.53. The van der Waals surface area contributed by atoms with Crippen LogP contribution in [0.3, 0.4) is 0 Å². The average molecular weight is 231 g/mol. The van der Waals surface area contributed by atoms with Crippen molar-refractivity contribution in [2.24, 2.45) is 0 Å². The maximum atomic E-state index is 11.7. The van der Waals surface area contributed by atoms with Crippen LogP contribution in [0.5, 0.6) is 0 Å². The van der Waals surface area contributed by atoms with Gasteiger partial charge in [-0.15, -0.1) is 0 Å². The van der Waals surface area contributed by atoms with Gasteiger partial charge in [0.1, 0.15) is 0 Å². The van der Waals surface area contributed by atoms with Gasteiger partial charge in [0.05, 0.1) is 18.2 Å². The lowest BCUT2D eigenvalue weighted by atomic mass is 10.2. The Labute approximate surface area is 102 Å². The van der Waals surface area contributed by atoms with Crippen molar-refractivity contribution < 1.29 is 4.79 Å². The van der Waals surface area contributed by atoms with Crippen molar-refractivity contribution in [3.05, 3.63) is 29.8 Å². The second-order valence-electron chi connectivity index (χ2n) is 3.61. The Morgan fingerprint density at radius 1 is 1.29 bits per heavy atom. The van der Waals surface area contributed by atoms with Crippen molar-refractivity contribution in [1.29, 1.82) is 5.26 Å². The number of nitriles is 1. The first-order chi connectivity index (χ1) is 8.21. The fraction of sp³-hybridized carbons (Fsp3) is 0.385. The maximum Gasteiger partial charge on any atom is 0.241 e. The molecule has 0 radical (unpaired) electrons. The van der Waals surface area contributed by atoms with E-state index >= 15 is 0 Å². The molecule has 1 aromatic carbocycles. The van der Waals surface area contributed by atoms with E-state index in [1.165, 1.54) is 0 Å². The lowest BCUT2D eigenvalue weighted by Crippen LogP contribution is -2.35. The molecule has 0 saturated heterocycles. The number of amides is 1. The predicted octanol–water partition coefficient (Wildman–Crippen LogP) is 1.84. The molecule has 0 saturated carbocycles. The number of carbonyl (C=O) groups is 1. The largest absolute Gasteiger partial charge is 0.376 e. The van der Waals surface area contributed by atoms with Gasteiger partial charge < -0.3 is 10.2 Å². The van der Waals surface area contributed by atoms with Crippen LogP contribution in [0, 0.1) is 11.3 Å². The maximum absolute atomic E-state index is 11.7. The minimum Gasteiger partial charge on any atom is -0.376 e. The molecule has 0 unspecified atom stereocenters. The number of nitrogens with zero attached hydrogens (tertiary/aromatic N) is 2. The van der Waals surface area contributed by atoms with Crippen LogP contribution >= 0.6 is 0 Å². The Hall–Kier alpha value is -2.02. The second-order valence-corrected chi connectivity index (χ2v) is 3.61. The molecule has 0 aromatic heterocycles. The summed E-state index contributed by atoms with van der Waals surface area (Å²) >= 11 is 0. The summed E-state index contributed by atoms with van der Waals surface area (Å²) in [5, 5.41) is 11.7. The van der Waals surface area contributed by atoms with E-state index in [1.54, 1.807) is 29.2 Å². The topological polar surface area (TPSA) is 56.1 Å². The van der Waals surface area contributed by atoms with Crippen LogP contribution in [0.15, 0.2) is 24.3 Å². The van der Waals surface area contributed by atoms with Crippen LogP contribution in [0.25, 0.3) is 0 Å². The highest BCUT2D eigenvalue weighted by atomic mass is 16.2. The van der Waals surface area contributed by atoms with Crippen molar-refractivity contribution in [2.75, 3.05) is 25.0 Å². The molecule has 1 amide bonds. The highest BCUT2D eigenvalue weighted by Gasteiger charge is 2.08. The monoisotopic (exact) mass is 231 g/mol. The Balaban J connectivity index is 2.50. The van der Waals surface area contributed by atoms with E-state index in [4.69, 9.17) is 5.26 Å². The van der Waals surface area contributed by atoms with Gasteiger partial charge >= 0.3 is 0 Å². The number of rotatable bonds is 5. The van der Waals surface area contributed by atoms with Crippen molar-refractivity contribution in [1.82, 2.24) is 4.90 Å². The van der Waals surface area contributed by atoms with E-state index in [-0.39, 0.29) is 12.5 Å². The molecule has 4 nitrogen and oxygen atoms in total. The Morgan fingerprint density at radius 3 is 2.35 bits per heavy atom. The van der Waals surface area contributed by atoms with Gasteiger partial charge in [0.15, 0.2) is 0 Å². The number of anilines is 1. The van der Waals surface area contributed by atoms with E-state index in [2.05, 4.69) is 11.4 Å². The summed E-state index contributed by atoms with van der Waals surface area (Å²) in [6.07, 6.45) is 0.